The summed E-state index contributed by atoms with van der Waals surface area (Å²) in [5, 5.41) is 9.08. The van der Waals surface area contributed by atoms with Crippen LogP contribution in [0.2, 0.25) is 0 Å². The zero-order chi connectivity index (χ0) is 12.4. The van der Waals surface area contributed by atoms with Crippen LogP contribution in [-0.4, -0.2) is 23.5 Å². The van der Waals surface area contributed by atoms with Gasteiger partial charge in [0.15, 0.2) is 0 Å². The first-order valence-corrected chi connectivity index (χ1v) is 7.06. The quantitative estimate of drug-likeness (QED) is 0.812. The number of nitriles is 1. The van der Waals surface area contributed by atoms with Gasteiger partial charge >= 0.3 is 0 Å². The Morgan fingerprint density at radius 3 is 2.39 bits per heavy atom. The van der Waals surface area contributed by atoms with Crippen molar-refractivity contribution >= 4 is 0 Å². The first-order valence-electron chi connectivity index (χ1n) is 7.06. The van der Waals surface area contributed by atoms with Crippen molar-refractivity contribution in [1.82, 2.24) is 4.90 Å². The van der Waals surface area contributed by atoms with Gasteiger partial charge in [-0.05, 0) is 37.7 Å². The highest BCUT2D eigenvalue weighted by Crippen LogP contribution is 2.38. The fourth-order valence-electron chi connectivity index (χ4n) is 3.65. The van der Waals surface area contributed by atoms with E-state index in [0.717, 1.165) is 25.8 Å². The predicted molar refractivity (Wildman–Crippen MR) is 72.0 cm³/mol. The van der Waals surface area contributed by atoms with Crippen molar-refractivity contribution in [3.05, 3.63) is 35.9 Å². The molecule has 18 heavy (non-hydrogen) atoms. The second-order valence-corrected chi connectivity index (χ2v) is 5.66. The fourth-order valence-corrected chi connectivity index (χ4v) is 3.65. The molecule has 0 saturated carbocycles. The van der Waals surface area contributed by atoms with Crippen LogP contribution >= 0.6 is 0 Å². The largest absolute Gasteiger partial charge is 0.297 e. The van der Waals surface area contributed by atoms with Crippen LogP contribution in [0.5, 0.6) is 0 Å². The van der Waals surface area contributed by atoms with Gasteiger partial charge in [-0.2, -0.15) is 5.26 Å². The summed E-state index contributed by atoms with van der Waals surface area (Å²) in [6.07, 6.45) is 5.95. The highest BCUT2D eigenvalue weighted by Gasteiger charge is 2.40. The average Bonchev–Trinajstić information content (AvgIpc) is 2.66. The summed E-state index contributed by atoms with van der Waals surface area (Å²) in [5.74, 6) is 0.315. The third-order valence-electron chi connectivity index (χ3n) is 4.57. The number of fused-ring (bicyclic) bond motifs is 2. The molecule has 1 aromatic rings. The number of hydrogen-bond acceptors (Lipinski definition) is 2. The van der Waals surface area contributed by atoms with Crippen LogP contribution in [0.15, 0.2) is 30.3 Å². The molecular weight excluding hydrogens is 220 g/mol. The van der Waals surface area contributed by atoms with Gasteiger partial charge in [-0.25, -0.2) is 0 Å². The van der Waals surface area contributed by atoms with Crippen molar-refractivity contribution in [3.8, 4) is 6.07 Å². The van der Waals surface area contributed by atoms with Gasteiger partial charge in [-0.3, -0.25) is 4.90 Å². The SMILES string of the molecule is N#CC1CC2CC[C@H](C1)N2CCc1ccccc1. The van der Waals surface area contributed by atoms with Crippen LogP contribution in [0.4, 0.5) is 0 Å². The Balaban J connectivity index is 1.60. The molecule has 0 aliphatic carbocycles. The van der Waals surface area contributed by atoms with Gasteiger partial charge < -0.3 is 0 Å². The number of hydrogen-bond donors (Lipinski definition) is 0. The van der Waals surface area contributed by atoms with Crippen molar-refractivity contribution in [1.29, 1.82) is 5.26 Å². The van der Waals surface area contributed by atoms with E-state index in [2.05, 4.69) is 41.3 Å². The first-order chi connectivity index (χ1) is 8.86. The Labute approximate surface area is 109 Å². The van der Waals surface area contributed by atoms with E-state index in [0.29, 0.717) is 18.0 Å². The van der Waals surface area contributed by atoms with Crippen LogP contribution in [0, 0.1) is 17.2 Å². The molecule has 0 spiro atoms. The van der Waals surface area contributed by atoms with E-state index < -0.39 is 0 Å². The first kappa shape index (κ1) is 11.7. The smallest absolute Gasteiger partial charge is 0.0657 e. The second-order valence-electron chi connectivity index (χ2n) is 5.66. The van der Waals surface area contributed by atoms with E-state index in [-0.39, 0.29) is 0 Å². The summed E-state index contributed by atoms with van der Waals surface area (Å²) in [4.78, 5) is 2.67. The minimum Gasteiger partial charge on any atom is -0.297 e. The van der Waals surface area contributed by atoms with Gasteiger partial charge in [0.05, 0.1) is 6.07 Å². The number of piperidine rings is 1. The van der Waals surface area contributed by atoms with E-state index in [1.54, 1.807) is 0 Å². The lowest BCUT2D eigenvalue weighted by Crippen LogP contribution is -2.43. The molecule has 2 saturated heterocycles. The third kappa shape index (κ3) is 2.28. The molecule has 2 heteroatoms. The molecule has 2 fully saturated rings. The zero-order valence-electron chi connectivity index (χ0n) is 10.8. The Morgan fingerprint density at radius 2 is 1.78 bits per heavy atom. The molecule has 2 unspecified atom stereocenters. The monoisotopic (exact) mass is 240 g/mol. The number of nitrogens with zero attached hydrogens (tertiary/aromatic N) is 2. The molecule has 2 bridgehead atoms. The minimum atomic E-state index is 0.315. The van der Waals surface area contributed by atoms with Gasteiger partial charge in [0.2, 0.25) is 0 Å². The molecule has 3 atom stereocenters. The maximum Gasteiger partial charge on any atom is 0.0657 e. The van der Waals surface area contributed by atoms with Crippen LogP contribution in [0.25, 0.3) is 0 Å². The molecule has 94 valence electrons. The summed E-state index contributed by atoms with van der Waals surface area (Å²) in [5.41, 5.74) is 1.43. The summed E-state index contributed by atoms with van der Waals surface area (Å²) >= 11 is 0. The highest BCUT2D eigenvalue weighted by atomic mass is 15.2. The minimum absolute atomic E-state index is 0.315. The van der Waals surface area contributed by atoms with Crippen LogP contribution in [0.1, 0.15) is 31.2 Å². The van der Waals surface area contributed by atoms with E-state index >= 15 is 0 Å². The number of benzene rings is 1. The zero-order valence-corrected chi connectivity index (χ0v) is 10.8. The molecular formula is C16H20N2. The van der Waals surface area contributed by atoms with Crippen molar-refractivity contribution in [3.63, 3.8) is 0 Å². The van der Waals surface area contributed by atoms with Gasteiger partial charge in [-0.1, -0.05) is 30.3 Å². The standard InChI is InChI=1S/C16H20N2/c17-12-14-10-15-6-7-16(11-14)18(15)9-8-13-4-2-1-3-5-13/h1-5,14-16H,6-11H2/t14?,15-,16?/m1/s1. The molecule has 2 heterocycles. The normalized spacial score (nSPS) is 31.2. The lowest BCUT2D eigenvalue weighted by atomic mass is 9.91. The van der Waals surface area contributed by atoms with Crippen molar-refractivity contribution < 1.29 is 0 Å². The molecule has 0 aromatic heterocycles. The van der Waals surface area contributed by atoms with Crippen LogP contribution in [-0.2, 0) is 6.42 Å². The van der Waals surface area contributed by atoms with Crippen molar-refractivity contribution in [2.45, 2.75) is 44.2 Å². The average molecular weight is 240 g/mol. The third-order valence-corrected chi connectivity index (χ3v) is 4.57. The Morgan fingerprint density at radius 1 is 1.11 bits per heavy atom. The summed E-state index contributed by atoms with van der Waals surface area (Å²) in [7, 11) is 0. The molecule has 2 nitrogen and oxygen atoms in total. The lowest BCUT2D eigenvalue weighted by molar-refractivity contribution is 0.122. The maximum absolute atomic E-state index is 9.08. The van der Waals surface area contributed by atoms with Gasteiger partial charge in [-0.15, -0.1) is 0 Å². The highest BCUT2D eigenvalue weighted by molar-refractivity contribution is 5.15. The van der Waals surface area contributed by atoms with Gasteiger partial charge in [0.1, 0.15) is 0 Å². The summed E-state index contributed by atoms with van der Waals surface area (Å²) in [6.45, 7) is 1.16. The van der Waals surface area contributed by atoms with Gasteiger partial charge in [0, 0.05) is 24.5 Å². The molecule has 3 rings (SSSR count). The summed E-state index contributed by atoms with van der Waals surface area (Å²) in [6, 6.07) is 14.6. The van der Waals surface area contributed by atoms with Crippen LogP contribution in [0.3, 0.4) is 0 Å². The molecule has 0 N–H and O–H groups in total. The molecule has 1 aromatic carbocycles. The van der Waals surface area contributed by atoms with E-state index in [9.17, 15) is 0 Å². The van der Waals surface area contributed by atoms with E-state index in [1.807, 2.05) is 0 Å². The molecule has 2 aliphatic rings. The van der Waals surface area contributed by atoms with E-state index in [4.69, 9.17) is 5.26 Å². The van der Waals surface area contributed by atoms with Crippen molar-refractivity contribution in [2.24, 2.45) is 5.92 Å². The molecule has 0 amide bonds. The Bertz CT molecular complexity index is 420. The Hall–Kier alpha value is -1.33. The van der Waals surface area contributed by atoms with Gasteiger partial charge in [0.25, 0.3) is 0 Å². The van der Waals surface area contributed by atoms with Crippen molar-refractivity contribution in [2.75, 3.05) is 6.54 Å². The molecule has 2 aliphatic heterocycles. The second kappa shape index (κ2) is 5.12. The lowest BCUT2D eigenvalue weighted by Gasteiger charge is -2.36. The fraction of sp³-hybridized carbons (Fsp3) is 0.562. The van der Waals surface area contributed by atoms with Crippen LogP contribution < -0.4 is 0 Å². The Kier molecular flexibility index (Phi) is 3.34. The maximum atomic E-state index is 9.08. The topological polar surface area (TPSA) is 27.0 Å². The van der Waals surface area contributed by atoms with E-state index in [1.165, 1.54) is 18.4 Å². The predicted octanol–water partition coefficient (Wildman–Crippen LogP) is 3.00. The summed E-state index contributed by atoms with van der Waals surface area (Å²) < 4.78 is 0. The number of rotatable bonds is 3. The molecule has 0 radical (unpaired) electrons.